The van der Waals surface area contributed by atoms with Gasteiger partial charge in [-0.25, -0.2) is 8.78 Å². The van der Waals surface area contributed by atoms with E-state index in [1.165, 1.54) is 0 Å². The third-order valence-corrected chi connectivity index (χ3v) is 1.90. The average molecular weight is 147 g/mol. The van der Waals surface area contributed by atoms with Crippen LogP contribution >= 0.6 is 0 Å². The summed E-state index contributed by atoms with van der Waals surface area (Å²) in [4.78, 5) is 0. The number of hydrogen-bond donors (Lipinski definition) is 0. The molecule has 0 bridgehead atoms. The van der Waals surface area contributed by atoms with Crippen LogP contribution in [0.4, 0.5) is 8.78 Å². The average Bonchev–Trinajstić information content (AvgIpc) is 1.81. The normalized spacial score (nSPS) is 27.0. The summed E-state index contributed by atoms with van der Waals surface area (Å²) in [6.07, 6.45) is 5.35. The molecule has 0 atom stereocenters. The minimum atomic E-state index is -2.37. The predicted molar refractivity (Wildman–Crippen MR) is 36.9 cm³/mol. The van der Waals surface area contributed by atoms with Crippen molar-refractivity contribution in [2.75, 3.05) is 0 Å². The van der Waals surface area contributed by atoms with Crippen molar-refractivity contribution in [1.29, 1.82) is 0 Å². The molecule has 1 fully saturated rings. The molecule has 0 unspecified atom stereocenters. The van der Waals surface area contributed by atoms with E-state index in [0.717, 1.165) is 12.8 Å². The van der Waals surface area contributed by atoms with Crippen molar-refractivity contribution < 1.29 is 8.78 Å². The van der Waals surface area contributed by atoms with Crippen molar-refractivity contribution in [3.63, 3.8) is 0 Å². The van der Waals surface area contributed by atoms with Crippen LogP contribution < -0.4 is 0 Å². The second-order valence-corrected chi connectivity index (χ2v) is 2.93. The van der Waals surface area contributed by atoms with E-state index in [4.69, 9.17) is 0 Å². The summed E-state index contributed by atoms with van der Waals surface area (Å²) in [6, 6.07) is 0. The van der Waals surface area contributed by atoms with Crippen molar-refractivity contribution in [1.82, 2.24) is 0 Å². The Balaban J connectivity index is 2.30. The highest BCUT2D eigenvalue weighted by Crippen LogP contribution is 2.30. The van der Waals surface area contributed by atoms with Gasteiger partial charge in [0.25, 0.3) is 0 Å². The molecule has 0 aromatic carbocycles. The highest BCUT2D eigenvalue weighted by molar-refractivity contribution is 4.75. The quantitative estimate of drug-likeness (QED) is 0.493. The molecular weight excluding hydrogens is 134 g/mol. The van der Waals surface area contributed by atoms with Crippen LogP contribution in [0.3, 0.4) is 0 Å². The van der Waals surface area contributed by atoms with Gasteiger partial charge < -0.3 is 0 Å². The van der Waals surface area contributed by atoms with Gasteiger partial charge in [0.15, 0.2) is 0 Å². The maximum Gasteiger partial charge on any atom is 0.248 e. The largest absolute Gasteiger partial charge is 0.248 e. The topological polar surface area (TPSA) is 0 Å². The SMILES string of the molecule is FC1(F)CCC[CH]CCC1. The zero-order valence-electron chi connectivity index (χ0n) is 6.08. The minimum absolute atomic E-state index is 0.0868. The molecule has 0 nitrogen and oxygen atoms in total. The highest BCUT2D eigenvalue weighted by atomic mass is 19.3. The van der Waals surface area contributed by atoms with Crippen molar-refractivity contribution in [3.8, 4) is 0 Å². The zero-order valence-corrected chi connectivity index (χ0v) is 6.08. The number of hydrogen-bond acceptors (Lipinski definition) is 0. The first-order valence-electron chi connectivity index (χ1n) is 3.90. The van der Waals surface area contributed by atoms with Gasteiger partial charge in [-0.2, -0.15) is 0 Å². The van der Waals surface area contributed by atoms with Crippen molar-refractivity contribution in [3.05, 3.63) is 6.42 Å². The van der Waals surface area contributed by atoms with E-state index >= 15 is 0 Å². The number of alkyl halides is 2. The summed E-state index contributed by atoms with van der Waals surface area (Å²) in [5, 5.41) is 0. The predicted octanol–water partition coefficient (Wildman–Crippen LogP) is 3.18. The Morgan fingerprint density at radius 1 is 1.00 bits per heavy atom. The van der Waals surface area contributed by atoms with Gasteiger partial charge in [-0.1, -0.05) is 0 Å². The lowest BCUT2D eigenvalue weighted by atomic mass is 9.98. The molecule has 1 saturated carbocycles. The number of rotatable bonds is 0. The van der Waals surface area contributed by atoms with E-state index in [0.29, 0.717) is 12.8 Å². The summed E-state index contributed by atoms with van der Waals surface area (Å²) >= 11 is 0. The molecule has 2 heteroatoms. The van der Waals surface area contributed by atoms with Gasteiger partial charge in [-0.3, -0.25) is 0 Å². The molecule has 0 amide bonds. The Morgan fingerprint density at radius 2 is 1.50 bits per heavy atom. The maximum atomic E-state index is 12.6. The minimum Gasteiger partial charge on any atom is -0.207 e. The molecule has 1 rings (SSSR count). The molecule has 10 heavy (non-hydrogen) atoms. The fourth-order valence-electron chi connectivity index (χ4n) is 1.28. The molecule has 59 valence electrons. The molecule has 0 heterocycles. The van der Waals surface area contributed by atoms with Crippen LogP contribution in [0.5, 0.6) is 0 Å². The van der Waals surface area contributed by atoms with Gasteiger partial charge in [0, 0.05) is 12.8 Å². The molecule has 0 aromatic heterocycles. The molecule has 0 saturated heterocycles. The zero-order chi connectivity index (χ0) is 7.45. The summed E-state index contributed by atoms with van der Waals surface area (Å²) in [5.74, 6) is -2.37. The van der Waals surface area contributed by atoms with Gasteiger partial charge in [0.2, 0.25) is 5.92 Å². The van der Waals surface area contributed by atoms with E-state index in [-0.39, 0.29) is 12.8 Å². The van der Waals surface area contributed by atoms with Crippen LogP contribution in [0.1, 0.15) is 38.5 Å². The smallest absolute Gasteiger partial charge is 0.207 e. The van der Waals surface area contributed by atoms with Gasteiger partial charge in [-0.15, -0.1) is 0 Å². The van der Waals surface area contributed by atoms with Gasteiger partial charge in [0.05, 0.1) is 0 Å². The summed E-state index contributed by atoms with van der Waals surface area (Å²) in [7, 11) is 0. The Kier molecular flexibility index (Phi) is 2.64. The Hall–Kier alpha value is -0.140. The van der Waals surface area contributed by atoms with E-state index in [2.05, 4.69) is 6.42 Å². The Bertz CT molecular complexity index is 89.4. The third kappa shape index (κ3) is 2.63. The highest BCUT2D eigenvalue weighted by Gasteiger charge is 2.28. The first-order valence-corrected chi connectivity index (χ1v) is 3.90. The second-order valence-electron chi connectivity index (χ2n) is 2.93. The van der Waals surface area contributed by atoms with Crippen LogP contribution in [0.25, 0.3) is 0 Å². The lowest BCUT2D eigenvalue weighted by molar-refractivity contribution is -0.0218. The van der Waals surface area contributed by atoms with Crippen LogP contribution in [0.15, 0.2) is 0 Å². The molecule has 1 aliphatic rings. The molecule has 0 spiro atoms. The molecule has 0 aromatic rings. The van der Waals surface area contributed by atoms with Crippen LogP contribution in [-0.2, 0) is 0 Å². The summed E-state index contributed by atoms with van der Waals surface area (Å²) in [5.41, 5.74) is 0. The molecule has 0 N–H and O–H groups in total. The molecule has 1 radical (unpaired) electrons. The fraction of sp³-hybridized carbons (Fsp3) is 0.875. The van der Waals surface area contributed by atoms with E-state index in [1.54, 1.807) is 0 Å². The Labute approximate surface area is 60.6 Å². The van der Waals surface area contributed by atoms with E-state index < -0.39 is 5.92 Å². The standard InChI is InChI=1S/C8H13F2/c9-8(10)6-4-2-1-3-5-7-8/h1H,2-7H2. The number of halogens is 2. The van der Waals surface area contributed by atoms with Crippen LogP contribution in [0, 0.1) is 6.42 Å². The van der Waals surface area contributed by atoms with Crippen molar-refractivity contribution in [2.24, 2.45) is 0 Å². The fourth-order valence-corrected chi connectivity index (χ4v) is 1.28. The summed E-state index contributed by atoms with van der Waals surface area (Å²) in [6.45, 7) is 0. The Morgan fingerprint density at radius 3 is 2.00 bits per heavy atom. The van der Waals surface area contributed by atoms with Gasteiger partial charge in [0.1, 0.15) is 0 Å². The lowest BCUT2D eigenvalue weighted by Gasteiger charge is -2.18. The lowest BCUT2D eigenvalue weighted by Crippen LogP contribution is -2.16. The summed E-state index contributed by atoms with van der Waals surface area (Å²) < 4.78 is 25.3. The van der Waals surface area contributed by atoms with Crippen LogP contribution in [-0.4, -0.2) is 5.92 Å². The third-order valence-electron chi connectivity index (χ3n) is 1.90. The van der Waals surface area contributed by atoms with Crippen LogP contribution in [0.2, 0.25) is 0 Å². The van der Waals surface area contributed by atoms with Gasteiger partial charge in [-0.05, 0) is 32.1 Å². The van der Waals surface area contributed by atoms with E-state index in [1.807, 2.05) is 0 Å². The van der Waals surface area contributed by atoms with Gasteiger partial charge >= 0.3 is 0 Å². The first-order chi connectivity index (χ1) is 4.71. The maximum absolute atomic E-state index is 12.6. The molecule has 1 aliphatic carbocycles. The second kappa shape index (κ2) is 3.31. The van der Waals surface area contributed by atoms with E-state index in [9.17, 15) is 8.78 Å². The molecule has 0 aliphatic heterocycles. The molecular formula is C8H13F2. The first kappa shape index (κ1) is 7.96. The van der Waals surface area contributed by atoms with Crippen molar-refractivity contribution in [2.45, 2.75) is 44.4 Å². The van der Waals surface area contributed by atoms with Crippen molar-refractivity contribution >= 4 is 0 Å². The monoisotopic (exact) mass is 147 g/mol.